The number of carbonyl (C=O) groups excluding carboxylic acids is 2. The fourth-order valence-corrected chi connectivity index (χ4v) is 4.74. The zero-order valence-corrected chi connectivity index (χ0v) is 15.9. The van der Waals surface area contributed by atoms with Crippen molar-refractivity contribution in [3.05, 3.63) is 35.0 Å². The zero-order chi connectivity index (χ0) is 18.7. The molecule has 26 heavy (non-hydrogen) atoms. The molecular weight excluding hydrogens is 328 g/mol. The van der Waals surface area contributed by atoms with Crippen LogP contribution in [-0.4, -0.2) is 35.9 Å². The Bertz CT molecular complexity index is 901. The van der Waals surface area contributed by atoms with E-state index >= 15 is 0 Å². The quantitative estimate of drug-likeness (QED) is 0.866. The molecule has 4 rings (SSSR count). The van der Waals surface area contributed by atoms with E-state index in [1.807, 2.05) is 32.0 Å². The van der Waals surface area contributed by atoms with Crippen LogP contribution in [0.1, 0.15) is 66.9 Å². The van der Waals surface area contributed by atoms with E-state index in [2.05, 4.69) is 24.1 Å². The highest BCUT2D eigenvalue weighted by Gasteiger charge is 2.45. The van der Waals surface area contributed by atoms with E-state index < -0.39 is 0 Å². The summed E-state index contributed by atoms with van der Waals surface area (Å²) in [6.45, 7) is 9.64. The first kappa shape index (κ1) is 17.3. The van der Waals surface area contributed by atoms with Gasteiger partial charge in [0.1, 0.15) is 0 Å². The molecule has 2 aliphatic rings. The monoisotopic (exact) mass is 354 g/mol. The summed E-state index contributed by atoms with van der Waals surface area (Å²) < 4.78 is 5.33. The first-order valence-corrected chi connectivity index (χ1v) is 9.29. The van der Waals surface area contributed by atoms with Crippen LogP contribution in [0.5, 0.6) is 0 Å². The molecule has 0 bridgehead atoms. The van der Waals surface area contributed by atoms with Gasteiger partial charge in [-0.1, -0.05) is 27.7 Å². The van der Waals surface area contributed by atoms with Crippen molar-refractivity contribution in [3.8, 4) is 0 Å². The molecule has 1 amide bonds. The highest BCUT2D eigenvalue weighted by atomic mass is 16.5. The predicted molar refractivity (Wildman–Crippen MR) is 101 cm³/mol. The summed E-state index contributed by atoms with van der Waals surface area (Å²) in [5, 5.41) is 4.01. The van der Waals surface area contributed by atoms with Gasteiger partial charge in [0.05, 0.1) is 18.3 Å². The minimum Gasteiger partial charge on any atom is -0.379 e. The number of hydrogen-bond donors (Lipinski definition) is 2. The number of aromatic nitrogens is 1. The Labute approximate surface area is 153 Å². The molecule has 1 aliphatic heterocycles. The lowest BCUT2D eigenvalue weighted by Crippen LogP contribution is -2.39. The molecule has 2 aromatic rings. The summed E-state index contributed by atoms with van der Waals surface area (Å²) in [4.78, 5) is 28.9. The van der Waals surface area contributed by atoms with Gasteiger partial charge in [-0.3, -0.25) is 9.59 Å². The Morgan fingerprint density at radius 2 is 2.00 bits per heavy atom. The van der Waals surface area contributed by atoms with Gasteiger partial charge in [0.2, 0.25) is 0 Å². The molecule has 5 nitrogen and oxygen atoms in total. The molecule has 2 heterocycles. The fourth-order valence-electron chi connectivity index (χ4n) is 4.74. The number of ketones is 1. The van der Waals surface area contributed by atoms with Crippen molar-refractivity contribution in [2.24, 2.45) is 5.41 Å². The molecule has 1 atom stereocenters. The van der Waals surface area contributed by atoms with E-state index in [4.69, 9.17) is 4.74 Å². The van der Waals surface area contributed by atoms with Gasteiger partial charge in [-0.2, -0.15) is 0 Å². The number of aromatic amines is 1. The molecule has 0 spiro atoms. The van der Waals surface area contributed by atoms with Gasteiger partial charge >= 0.3 is 0 Å². The van der Waals surface area contributed by atoms with Crippen molar-refractivity contribution in [2.45, 2.75) is 52.0 Å². The van der Waals surface area contributed by atoms with E-state index in [0.29, 0.717) is 24.5 Å². The van der Waals surface area contributed by atoms with Crippen molar-refractivity contribution < 1.29 is 14.3 Å². The van der Waals surface area contributed by atoms with Crippen LogP contribution in [0.3, 0.4) is 0 Å². The van der Waals surface area contributed by atoms with Gasteiger partial charge < -0.3 is 15.0 Å². The summed E-state index contributed by atoms with van der Waals surface area (Å²) >= 11 is 0. The van der Waals surface area contributed by atoms with E-state index in [9.17, 15) is 9.59 Å². The standard InChI is InChI=1S/C21H26N2O3/c1-20(2)11-21(3,4)18(24)17-16(20)14-9-12(5-6-15(14)23-17)19(25)22-13-7-8-26-10-13/h5-6,9,13,23H,7-8,10-11H2,1-4H3,(H,22,25). The zero-order valence-electron chi connectivity index (χ0n) is 15.9. The van der Waals surface area contributed by atoms with E-state index in [1.165, 1.54) is 0 Å². The second-order valence-electron chi connectivity index (χ2n) is 8.94. The average molecular weight is 354 g/mol. The minimum atomic E-state index is -0.389. The molecule has 1 unspecified atom stereocenters. The smallest absolute Gasteiger partial charge is 0.251 e. The van der Waals surface area contributed by atoms with Crippen molar-refractivity contribution in [3.63, 3.8) is 0 Å². The maximum Gasteiger partial charge on any atom is 0.251 e. The molecule has 1 aromatic carbocycles. The third kappa shape index (κ3) is 2.65. The Hall–Kier alpha value is -2.14. The van der Waals surface area contributed by atoms with Gasteiger partial charge in [0.15, 0.2) is 5.78 Å². The number of carbonyl (C=O) groups is 2. The number of Topliss-reactive ketones (excluding diaryl/α,β-unsaturated/α-hetero) is 1. The second-order valence-corrected chi connectivity index (χ2v) is 8.94. The van der Waals surface area contributed by atoms with E-state index in [-0.39, 0.29) is 28.6 Å². The van der Waals surface area contributed by atoms with Crippen LogP contribution >= 0.6 is 0 Å². The summed E-state index contributed by atoms with van der Waals surface area (Å²) in [5.74, 6) is 0.0646. The van der Waals surface area contributed by atoms with Gasteiger partial charge in [0.25, 0.3) is 5.91 Å². The molecule has 0 radical (unpaired) electrons. The number of hydrogen-bond acceptors (Lipinski definition) is 3. The first-order chi connectivity index (χ1) is 12.2. The average Bonchev–Trinajstić information content (AvgIpc) is 3.18. The predicted octanol–water partition coefficient (Wildman–Crippen LogP) is 3.58. The largest absolute Gasteiger partial charge is 0.379 e. The van der Waals surface area contributed by atoms with Crippen LogP contribution in [-0.2, 0) is 10.2 Å². The van der Waals surface area contributed by atoms with Gasteiger partial charge in [-0.05, 0) is 42.0 Å². The van der Waals surface area contributed by atoms with Gasteiger partial charge in [-0.15, -0.1) is 0 Å². The molecule has 1 fully saturated rings. The van der Waals surface area contributed by atoms with Crippen LogP contribution in [0.15, 0.2) is 18.2 Å². The van der Waals surface area contributed by atoms with Crippen LogP contribution < -0.4 is 5.32 Å². The Morgan fingerprint density at radius 1 is 1.23 bits per heavy atom. The first-order valence-electron chi connectivity index (χ1n) is 9.29. The number of benzene rings is 1. The van der Waals surface area contributed by atoms with Crippen molar-refractivity contribution in [2.75, 3.05) is 13.2 Å². The molecule has 2 N–H and O–H groups in total. The lowest BCUT2D eigenvalue weighted by Gasteiger charge is -2.39. The Morgan fingerprint density at radius 3 is 2.69 bits per heavy atom. The summed E-state index contributed by atoms with van der Waals surface area (Å²) in [7, 11) is 0. The normalized spacial score (nSPS) is 23.8. The molecule has 1 saturated heterocycles. The number of amides is 1. The molecule has 0 saturated carbocycles. The third-order valence-corrected chi connectivity index (χ3v) is 5.73. The third-order valence-electron chi connectivity index (χ3n) is 5.73. The number of H-pyrrole nitrogens is 1. The highest BCUT2D eigenvalue weighted by molar-refractivity contribution is 6.08. The topological polar surface area (TPSA) is 71.2 Å². The van der Waals surface area contributed by atoms with E-state index in [1.54, 1.807) is 0 Å². The van der Waals surface area contributed by atoms with Gasteiger partial charge in [0, 0.05) is 28.5 Å². The minimum absolute atomic E-state index is 0.0807. The molecule has 138 valence electrons. The Balaban J connectivity index is 1.77. The Kier molecular flexibility index (Phi) is 3.77. The van der Waals surface area contributed by atoms with Crippen molar-refractivity contribution in [1.29, 1.82) is 0 Å². The summed E-state index contributed by atoms with van der Waals surface area (Å²) in [5.41, 5.74) is 2.74. The number of fused-ring (bicyclic) bond motifs is 3. The molecular formula is C21H26N2O3. The van der Waals surface area contributed by atoms with Crippen LogP contribution in [0.2, 0.25) is 0 Å². The van der Waals surface area contributed by atoms with E-state index in [0.717, 1.165) is 29.3 Å². The van der Waals surface area contributed by atoms with Crippen LogP contribution in [0, 0.1) is 5.41 Å². The van der Waals surface area contributed by atoms with Crippen LogP contribution in [0.25, 0.3) is 10.9 Å². The van der Waals surface area contributed by atoms with Gasteiger partial charge in [-0.25, -0.2) is 0 Å². The fraction of sp³-hybridized carbons (Fsp3) is 0.524. The summed E-state index contributed by atoms with van der Waals surface area (Å²) in [6, 6.07) is 5.72. The van der Waals surface area contributed by atoms with Crippen molar-refractivity contribution in [1.82, 2.24) is 10.3 Å². The number of nitrogens with one attached hydrogen (secondary N) is 2. The lowest BCUT2D eigenvalue weighted by atomic mass is 9.63. The van der Waals surface area contributed by atoms with Crippen molar-refractivity contribution >= 4 is 22.6 Å². The SMILES string of the molecule is CC1(C)CC(C)(C)c2c([nH]c3ccc(C(=O)NC4CCOC4)cc23)C1=O. The molecule has 1 aliphatic carbocycles. The number of ether oxygens (including phenoxy) is 1. The lowest BCUT2D eigenvalue weighted by molar-refractivity contribution is 0.0759. The van der Waals surface area contributed by atoms with Crippen LogP contribution in [0.4, 0.5) is 0 Å². The maximum atomic E-state index is 12.9. The maximum absolute atomic E-state index is 12.9. The highest BCUT2D eigenvalue weighted by Crippen LogP contribution is 2.48. The summed E-state index contributed by atoms with van der Waals surface area (Å²) in [6.07, 6.45) is 1.64. The second kappa shape index (κ2) is 5.68. The molecule has 5 heteroatoms. The number of rotatable bonds is 2. The molecule has 1 aromatic heterocycles.